The summed E-state index contributed by atoms with van der Waals surface area (Å²) >= 11 is 0. The number of amides is 1. The van der Waals surface area contributed by atoms with Crippen LogP contribution in [-0.4, -0.2) is 10.9 Å². The van der Waals surface area contributed by atoms with Crippen LogP contribution >= 0.6 is 0 Å². The first-order valence-electron chi connectivity index (χ1n) is 6.18. The van der Waals surface area contributed by atoms with E-state index in [-0.39, 0.29) is 0 Å². The number of nitrogens with one attached hydrogen (secondary N) is 1. The van der Waals surface area contributed by atoms with Crippen LogP contribution in [0.5, 0.6) is 0 Å². The van der Waals surface area contributed by atoms with Crippen LogP contribution in [0.4, 0.5) is 0 Å². The number of H-pyrrole nitrogens is 1. The third-order valence-corrected chi connectivity index (χ3v) is 3.29. The lowest BCUT2D eigenvalue weighted by atomic mass is 10.0. The molecule has 3 heteroatoms. The van der Waals surface area contributed by atoms with Gasteiger partial charge >= 0.3 is 0 Å². The molecule has 3 aromatic rings. The highest BCUT2D eigenvalue weighted by Crippen LogP contribution is 2.22. The van der Waals surface area contributed by atoms with Crippen molar-refractivity contribution in [2.75, 3.05) is 0 Å². The van der Waals surface area contributed by atoms with Crippen molar-refractivity contribution in [1.29, 1.82) is 0 Å². The molecule has 94 valence electrons. The van der Waals surface area contributed by atoms with E-state index in [1.165, 1.54) is 11.1 Å². The van der Waals surface area contributed by atoms with E-state index < -0.39 is 5.91 Å². The minimum atomic E-state index is -0.395. The molecule has 0 aliphatic rings. The van der Waals surface area contributed by atoms with Gasteiger partial charge in [0.05, 0.1) is 0 Å². The van der Waals surface area contributed by atoms with Crippen LogP contribution in [-0.2, 0) is 6.42 Å². The molecule has 19 heavy (non-hydrogen) atoms. The quantitative estimate of drug-likeness (QED) is 0.737. The maximum atomic E-state index is 11.2. The standard InChI is InChI=1S/C16H14N2O/c17-16(19)12-6-7-15-14(9-12)13(10-18-15)8-11-4-2-1-3-5-11/h1-7,9-10,18H,8H2,(H2,17,19). The van der Waals surface area contributed by atoms with Gasteiger partial charge in [-0.3, -0.25) is 4.79 Å². The van der Waals surface area contributed by atoms with Crippen molar-refractivity contribution in [3.8, 4) is 0 Å². The summed E-state index contributed by atoms with van der Waals surface area (Å²) in [6.07, 6.45) is 2.82. The predicted molar refractivity (Wildman–Crippen MR) is 76.1 cm³/mol. The largest absolute Gasteiger partial charge is 0.366 e. The molecule has 0 radical (unpaired) electrons. The molecule has 1 amide bonds. The first kappa shape index (κ1) is 11.5. The van der Waals surface area contributed by atoms with Gasteiger partial charge in [0.2, 0.25) is 5.91 Å². The van der Waals surface area contributed by atoms with E-state index >= 15 is 0 Å². The van der Waals surface area contributed by atoms with Crippen molar-refractivity contribution in [1.82, 2.24) is 4.98 Å². The molecule has 1 heterocycles. The number of hydrogen-bond donors (Lipinski definition) is 2. The zero-order chi connectivity index (χ0) is 13.2. The molecule has 2 aromatic carbocycles. The van der Waals surface area contributed by atoms with Gasteiger partial charge in [0.15, 0.2) is 0 Å². The number of primary amides is 1. The van der Waals surface area contributed by atoms with Crippen molar-refractivity contribution in [3.05, 3.63) is 71.4 Å². The van der Waals surface area contributed by atoms with Crippen LogP contribution in [0.2, 0.25) is 0 Å². The third-order valence-electron chi connectivity index (χ3n) is 3.29. The van der Waals surface area contributed by atoms with E-state index in [4.69, 9.17) is 5.73 Å². The predicted octanol–water partition coefficient (Wildman–Crippen LogP) is 2.86. The molecule has 0 spiro atoms. The monoisotopic (exact) mass is 250 g/mol. The molecule has 0 saturated carbocycles. The van der Waals surface area contributed by atoms with Crippen molar-refractivity contribution in [2.24, 2.45) is 5.73 Å². The molecular weight excluding hydrogens is 236 g/mol. The van der Waals surface area contributed by atoms with Crippen LogP contribution < -0.4 is 5.73 Å². The second-order valence-corrected chi connectivity index (χ2v) is 4.60. The van der Waals surface area contributed by atoms with Crippen LogP contribution in [0.3, 0.4) is 0 Å². The highest BCUT2D eigenvalue weighted by Gasteiger charge is 2.07. The summed E-state index contributed by atoms with van der Waals surface area (Å²) in [6, 6.07) is 15.7. The van der Waals surface area contributed by atoms with E-state index in [9.17, 15) is 4.79 Å². The summed E-state index contributed by atoms with van der Waals surface area (Å²) < 4.78 is 0. The van der Waals surface area contributed by atoms with E-state index in [0.29, 0.717) is 5.56 Å². The summed E-state index contributed by atoms with van der Waals surface area (Å²) in [7, 11) is 0. The van der Waals surface area contributed by atoms with Crippen molar-refractivity contribution in [3.63, 3.8) is 0 Å². The Kier molecular flexibility index (Phi) is 2.80. The average Bonchev–Trinajstić information content (AvgIpc) is 2.82. The normalized spacial score (nSPS) is 10.7. The number of fused-ring (bicyclic) bond motifs is 1. The number of rotatable bonds is 3. The molecule has 0 atom stereocenters. The van der Waals surface area contributed by atoms with E-state index in [2.05, 4.69) is 17.1 Å². The molecule has 0 unspecified atom stereocenters. The Morgan fingerprint density at radius 1 is 1.11 bits per heavy atom. The minimum absolute atomic E-state index is 0.395. The van der Waals surface area contributed by atoms with Gasteiger partial charge < -0.3 is 10.7 Å². The van der Waals surface area contributed by atoms with Gasteiger partial charge in [0.1, 0.15) is 0 Å². The zero-order valence-electron chi connectivity index (χ0n) is 10.4. The van der Waals surface area contributed by atoms with Crippen LogP contribution in [0.25, 0.3) is 10.9 Å². The van der Waals surface area contributed by atoms with E-state index in [1.807, 2.05) is 36.5 Å². The van der Waals surface area contributed by atoms with Crippen LogP contribution in [0.15, 0.2) is 54.7 Å². The highest BCUT2D eigenvalue weighted by molar-refractivity contribution is 5.97. The molecule has 0 aliphatic heterocycles. The second-order valence-electron chi connectivity index (χ2n) is 4.60. The number of carbonyl (C=O) groups excluding carboxylic acids is 1. The third kappa shape index (κ3) is 2.22. The molecule has 0 aliphatic carbocycles. The van der Waals surface area contributed by atoms with Gasteiger partial charge in [-0.1, -0.05) is 30.3 Å². The summed E-state index contributed by atoms with van der Waals surface area (Å²) in [6.45, 7) is 0. The van der Waals surface area contributed by atoms with Gasteiger partial charge in [0.25, 0.3) is 0 Å². The Morgan fingerprint density at radius 3 is 2.63 bits per heavy atom. The summed E-state index contributed by atoms with van der Waals surface area (Å²) in [4.78, 5) is 14.5. The second kappa shape index (κ2) is 4.61. The smallest absolute Gasteiger partial charge is 0.248 e. The maximum Gasteiger partial charge on any atom is 0.248 e. The van der Waals surface area contributed by atoms with Gasteiger partial charge in [-0.2, -0.15) is 0 Å². The Morgan fingerprint density at radius 2 is 1.89 bits per heavy atom. The fraction of sp³-hybridized carbons (Fsp3) is 0.0625. The molecule has 3 rings (SSSR count). The van der Waals surface area contributed by atoms with Gasteiger partial charge in [-0.05, 0) is 35.7 Å². The first-order chi connectivity index (χ1) is 9.24. The lowest BCUT2D eigenvalue weighted by Crippen LogP contribution is -2.10. The summed E-state index contributed by atoms with van der Waals surface area (Å²) in [5.74, 6) is -0.395. The van der Waals surface area contributed by atoms with Crippen molar-refractivity contribution < 1.29 is 4.79 Å². The number of aromatic amines is 1. The van der Waals surface area contributed by atoms with Gasteiger partial charge in [-0.15, -0.1) is 0 Å². The molecule has 1 aromatic heterocycles. The van der Waals surface area contributed by atoms with Crippen molar-refractivity contribution in [2.45, 2.75) is 6.42 Å². The lowest BCUT2D eigenvalue weighted by Gasteiger charge is -2.01. The molecule has 3 nitrogen and oxygen atoms in total. The van der Waals surface area contributed by atoms with Gasteiger partial charge in [0, 0.05) is 22.7 Å². The van der Waals surface area contributed by atoms with E-state index in [0.717, 1.165) is 17.3 Å². The fourth-order valence-corrected chi connectivity index (χ4v) is 2.29. The first-order valence-corrected chi connectivity index (χ1v) is 6.18. The van der Waals surface area contributed by atoms with Crippen LogP contribution in [0, 0.1) is 0 Å². The number of aromatic nitrogens is 1. The Hall–Kier alpha value is -2.55. The maximum absolute atomic E-state index is 11.2. The molecule has 0 fully saturated rings. The highest BCUT2D eigenvalue weighted by atomic mass is 16.1. The van der Waals surface area contributed by atoms with E-state index in [1.54, 1.807) is 6.07 Å². The number of nitrogens with two attached hydrogens (primary N) is 1. The fourth-order valence-electron chi connectivity index (χ4n) is 2.29. The number of benzene rings is 2. The lowest BCUT2D eigenvalue weighted by molar-refractivity contribution is 0.100. The Labute approximate surface area is 111 Å². The van der Waals surface area contributed by atoms with Crippen LogP contribution in [0.1, 0.15) is 21.5 Å². The topological polar surface area (TPSA) is 58.9 Å². The van der Waals surface area contributed by atoms with Crippen molar-refractivity contribution >= 4 is 16.8 Å². The van der Waals surface area contributed by atoms with Gasteiger partial charge in [-0.25, -0.2) is 0 Å². The molecule has 0 saturated heterocycles. The molecular formula is C16H14N2O. The minimum Gasteiger partial charge on any atom is -0.366 e. The Balaban J connectivity index is 2.04. The SMILES string of the molecule is NC(=O)c1ccc2[nH]cc(Cc3ccccc3)c2c1. The number of hydrogen-bond acceptors (Lipinski definition) is 1. The Bertz CT molecular complexity index is 729. The zero-order valence-corrected chi connectivity index (χ0v) is 10.4. The summed E-state index contributed by atoms with van der Waals surface area (Å²) in [5.41, 5.74) is 9.31. The summed E-state index contributed by atoms with van der Waals surface area (Å²) in [5, 5.41) is 1.06. The molecule has 3 N–H and O–H groups in total. The molecule has 0 bridgehead atoms. The average molecular weight is 250 g/mol. The number of carbonyl (C=O) groups is 1.